The first-order valence-electron chi connectivity index (χ1n) is 11.2. The van der Waals surface area contributed by atoms with Crippen LogP contribution in [0.1, 0.15) is 31.5 Å². The van der Waals surface area contributed by atoms with E-state index in [4.69, 9.17) is 21.3 Å². The van der Waals surface area contributed by atoms with Crippen molar-refractivity contribution in [2.24, 2.45) is 14.1 Å². The Morgan fingerprint density at radius 3 is 2.66 bits per heavy atom. The lowest BCUT2D eigenvalue weighted by Gasteiger charge is -2.42. The number of morpholine rings is 1. The quantitative estimate of drug-likeness (QED) is 0.427. The second-order valence-corrected chi connectivity index (χ2v) is 9.81. The number of hydrogen-bond acceptors (Lipinski definition) is 7. The van der Waals surface area contributed by atoms with Crippen LogP contribution in [0, 0.1) is 12.7 Å². The maximum atomic E-state index is 15.0. The largest absolute Gasteiger partial charge is 0.362 e. The summed E-state index contributed by atoms with van der Waals surface area (Å²) in [6.45, 7) is 6.63. The normalized spacial score (nSPS) is 17.8. The zero-order valence-electron chi connectivity index (χ0n) is 20.1. The Balaban J connectivity index is 1.71. The van der Waals surface area contributed by atoms with Crippen LogP contribution in [0.5, 0.6) is 0 Å². The van der Waals surface area contributed by atoms with Gasteiger partial charge in [-0.05, 0) is 45.0 Å². The number of aryl methyl sites for hydroxylation is 2. The van der Waals surface area contributed by atoms with E-state index in [1.165, 1.54) is 15.4 Å². The maximum absolute atomic E-state index is 15.0. The van der Waals surface area contributed by atoms with Gasteiger partial charge >= 0.3 is 0 Å². The molecule has 1 atom stereocenters. The Kier molecular flexibility index (Phi) is 5.60. The van der Waals surface area contributed by atoms with Crippen molar-refractivity contribution in [2.45, 2.75) is 32.5 Å². The first kappa shape index (κ1) is 23.4. The predicted octanol–water partition coefficient (Wildman–Crippen LogP) is 3.58. The fourth-order valence-corrected chi connectivity index (χ4v) is 4.58. The highest BCUT2D eigenvalue weighted by atomic mass is 35.5. The number of rotatable bonds is 3. The highest BCUT2D eigenvalue weighted by molar-refractivity contribution is 6.30. The molecule has 9 nitrogen and oxygen atoms in total. The van der Waals surface area contributed by atoms with Gasteiger partial charge in [0.2, 0.25) is 0 Å². The average molecular weight is 498 g/mol. The van der Waals surface area contributed by atoms with Gasteiger partial charge < -0.3 is 9.64 Å². The Bertz CT molecular complexity index is 1510. The molecule has 0 N–H and O–H groups in total. The van der Waals surface area contributed by atoms with Crippen molar-refractivity contribution in [1.29, 1.82) is 0 Å². The summed E-state index contributed by atoms with van der Waals surface area (Å²) in [6, 6.07) is 6.10. The Hall–Kier alpha value is -3.37. The summed E-state index contributed by atoms with van der Waals surface area (Å²) in [5, 5.41) is 9.20. The molecule has 1 saturated heterocycles. The number of anilines is 1. The van der Waals surface area contributed by atoms with E-state index in [1.807, 2.05) is 18.7 Å². The van der Waals surface area contributed by atoms with Crippen LogP contribution in [0.25, 0.3) is 22.2 Å². The standard InChI is InChI=1S/C24H25ClFN7O2/c1-13-28-22-16(23(34)31(13)4)9-20(29-21(22)15-7-6-14(25)8-17(15)26)33-11-19(35-24(2,3)12-33)18-10-27-32(5)30-18/h6-10,19H,11-12H2,1-5H3/t19-/m1/s1. The summed E-state index contributed by atoms with van der Waals surface area (Å²) in [5.41, 5.74) is 0.771. The van der Waals surface area contributed by atoms with Crippen molar-refractivity contribution in [3.05, 3.63) is 63.2 Å². The number of fused-ring (bicyclic) bond motifs is 1. The zero-order valence-corrected chi connectivity index (χ0v) is 20.8. The molecular weight excluding hydrogens is 473 g/mol. The lowest BCUT2D eigenvalue weighted by Crippen LogP contribution is -2.50. The summed E-state index contributed by atoms with van der Waals surface area (Å²) in [6.07, 6.45) is 1.31. The summed E-state index contributed by atoms with van der Waals surface area (Å²) in [7, 11) is 3.41. The lowest BCUT2D eigenvalue weighted by molar-refractivity contribution is -0.0875. The van der Waals surface area contributed by atoms with E-state index in [-0.39, 0.29) is 27.9 Å². The molecule has 1 aromatic carbocycles. The molecule has 1 aliphatic rings. The van der Waals surface area contributed by atoms with Gasteiger partial charge in [0.05, 0.1) is 23.7 Å². The molecule has 4 aromatic rings. The van der Waals surface area contributed by atoms with E-state index < -0.39 is 11.4 Å². The van der Waals surface area contributed by atoms with Crippen molar-refractivity contribution < 1.29 is 9.13 Å². The second kappa shape index (κ2) is 8.39. The molecule has 1 aliphatic heterocycles. The van der Waals surface area contributed by atoms with E-state index in [0.717, 1.165) is 0 Å². The highest BCUT2D eigenvalue weighted by Crippen LogP contribution is 2.35. The third-order valence-electron chi connectivity index (χ3n) is 6.15. The molecule has 0 amide bonds. The first-order chi connectivity index (χ1) is 16.5. The van der Waals surface area contributed by atoms with Gasteiger partial charge in [-0.3, -0.25) is 9.36 Å². The minimum Gasteiger partial charge on any atom is -0.362 e. The predicted molar refractivity (Wildman–Crippen MR) is 131 cm³/mol. The average Bonchev–Trinajstić information content (AvgIpc) is 3.23. The van der Waals surface area contributed by atoms with Gasteiger partial charge in [-0.1, -0.05) is 11.6 Å². The second-order valence-electron chi connectivity index (χ2n) is 9.38. The van der Waals surface area contributed by atoms with E-state index in [0.29, 0.717) is 41.3 Å². The van der Waals surface area contributed by atoms with Crippen LogP contribution in [-0.4, -0.2) is 48.2 Å². The van der Waals surface area contributed by atoms with E-state index in [9.17, 15) is 4.79 Å². The molecule has 0 unspecified atom stereocenters. The van der Waals surface area contributed by atoms with Gasteiger partial charge in [-0.15, -0.1) is 0 Å². The minimum atomic E-state index is -0.542. The van der Waals surface area contributed by atoms with E-state index in [2.05, 4.69) is 15.2 Å². The SMILES string of the molecule is Cc1nc2c(-c3ccc(Cl)cc3F)nc(N3C[C@H](c4cnn(C)n4)OC(C)(C)C3)cc2c(=O)n1C. The Morgan fingerprint density at radius 1 is 1.20 bits per heavy atom. The molecule has 4 heterocycles. The number of hydrogen-bond donors (Lipinski definition) is 0. The van der Waals surface area contributed by atoms with E-state index >= 15 is 4.39 Å². The van der Waals surface area contributed by atoms with Crippen LogP contribution < -0.4 is 10.5 Å². The van der Waals surface area contributed by atoms with E-state index in [1.54, 1.807) is 45.4 Å². The molecule has 0 spiro atoms. The summed E-state index contributed by atoms with van der Waals surface area (Å²) >= 11 is 5.99. The first-order valence-corrected chi connectivity index (χ1v) is 11.5. The zero-order chi connectivity index (χ0) is 25.1. The third kappa shape index (κ3) is 4.28. The van der Waals surface area contributed by atoms with Crippen LogP contribution in [0.3, 0.4) is 0 Å². The number of pyridine rings is 1. The van der Waals surface area contributed by atoms with Crippen molar-refractivity contribution in [2.75, 3.05) is 18.0 Å². The molecule has 0 radical (unpaired) electrons. The smallest absolute Gasteiger partial charge is 0.261 e. The summed E-state index contributed by atoms with van der Waals surface area (Å²) in [5.74, 6) is 0.487. The monoisotopic (exact) mass is 497 g/mol. The van der Waals surface area contributed by atoms with Crippen LogP contribution in [0.2, 0.25) is 5.02 Å². The number of halogens is 2. The minimum absolute atomic E-state index is 0.222. The summed E-state index contributed by atoms with van der Waals surface area (Å²) in [4.78, 5) is 26.2. The van der Waals surface area contributed by atoms with Gasteiger partial charge in [-0.25, -0.2) is 14.4 Å². The molecule has 0 saturated carbocycles. The molecule has 35 heavy (non-hydrogen) atoms. The number of aromatic nitrogens is 6. The lowest BCUT2D eigenvalue weighted by atomic mass is 10.0. The Morgan fingerprint density at radius 2 is 1.97 bits per heavy atom. The molecule has 0 aliphatic carbocycles. The van der Waals surface area contributed by atoms with Crippen molar-refractivity contribution in [1.82, 2.24) is 29.5 Å². The molecule has 5 rings (SSSR count). The van der Waals surface area contributed by atoms with Gasteiger partial charge in [0.15, 0.2) is 0 Å². The number of nitrogens with zero attached hydrogens (tertiary/aromatic N) is 7. The number of ether oxygens (including phenoxy) is 1. The number of benzene rings is 1. The third-order valence-corrected chi connectivity index (χ3v) is 6.38. The van der Waals surface area contributed by atoms with Gasteiger partial charge in [0, 0.05) is 31.2 Å². The molecule has 0 bridgehead atoms. The maximum Gasteiger partial charge on any atom is 0.261 e. The van der Waals surface area contributed by atoms with Gasteiger partial charge in [-0.2, -0.15) is 15.0 Å². The van der Waals surface area contributed by atoms with Crippen LogP contribution >= 0.6 is 11.6 Å². The van der Waals surface area contributed by atoms with Gasteiger partial charge in [0.25, 0.3) is 5.56 Å². The molecule has 11 heteroatoms. The fraction of sp³-hybridized carbons (Fsp3) is 0.375. The molecule has 182 valence electrons. The van der Waals surface area contributed by atoms with Crippen molar-refractivity contribution in [3.63, 3.8) is 0 Å². The van der Waals surface area contributed by atoms with Crippen LogP contribution in [0.4, 0.5) is 10.2 Å². The van der Waals surface area contributed by atoms with Crippen molar-refractivity contribution >= 4 is 28.3 Å². The molecule has 1 fully saturated rings. The fourth-order valence-electron chi connectivity index (χ4n) is 4.42. The van der Waals surface area contributed by atoms with Crippen LogP contribution in [0.15, 0.2) is 35.3 Å². The molecular formula is C24H25ClFN7O2. The Labute approximate surface area is 206 Å². The van der Waals surface area contributed by atoms with Gasteiger partial charge in [0.1, 0.15) is 40.5 Å². The van der Waals surface area contributed by atoms with Crippen LogP contribution in [-0.2, 0) is 18.8 Å². The topological polar surface area (TPSA) is 91.0 Å². The van der Waals surface area contributed by atoms with Crippen molar-refractivity contribution in [3.8, 4) is 11.3 Å². The molecule has 3 aromatic heterocycles. The highest BCUT2D eigenvalue weighted by Gasteiger charge is 2.36. The summed E-state index contributed by atoms with van der Waals surface area (Å²) < 4.78 is 22.8.